The number of aliphatic imine (C=N–C) groups is 1. The third-order valence-electron chi connectivity index (χ3n) is 3.35. The number of ether oxygens (including phenoxy) is 1. The van der Waals surface area contributed by atoms with Crippen LogP contribution in [0.25, 0.3) is 0 Å². The molecule has 2 aliphatic heterocycles. The molecule has 0 unspecified atom stereocenters. The zero-order valence-corrected chi connectivity index (χ0v) is 11.2. The zero-order valence-electron chi connectivity index (χ0n) is 10.4. The highest BCUT2D eigenvalue weighted by molar-refractivity contribution is 8.14. The van der Waals surface area contributed by atoms with Gasteiger partial charge in [-0.1, -0.05) is 18.7 Å². The third kappa shape index (κ3) is 2.31. The van der Waals surface area contributed by atoms with E-state index in [9.17, 15) is 10.2 Å². The molecule has 2 aliphatic rings. The summed E-state index contributed by atoms with van der Waals surface area (Å²) >= 11 is 1.53. The van der Waals surface area contributed by atoms with Crippen molar-refractivity contribution < 1.29 is 14.9 Å². The maximum Gasteiger partial charge on any atom is 0.162 e. The predicted octanol–water partition coefficient (Wildman–Crippen LogP) is 0.266. The van der Waals surface area contributed by atoms with E-state index >= 15 is 0 Å². The van der Waals surface area contributed by atoms with E-state index in [1.807, 2.05) is 25.8 Å². The van der Waals surface area contributed by atoms with Crippen LogP contribution in [0.5, 0.6) is 0 Å². The Balaban J connectivity index is 2.12. The molecule has 2 heterocycles. The number of hydrogen-bond acceptors (Lipinski definition) is 6. The average Bonchev–Trinajstić information content (AvgIpc) is 2.76. The summed E-state index contributed by atoms with van der Waals surface area (Å²) in [4.78, 5) is 6.47. The molecule has 0 spiro atoms. The second-order valence-electron chi connectivity index (χ2n) is 4.47. The Morgan fingerprint density at radius 3 is 2.65 bits per heavy atom. The van der Waals surface area contributed by atoms with Gasteiger partial charge in [0, 0.05) is 13.6 Å². The minimum atomic E-state index is -0.836. The molecule has 0 amide bonds. The Morgan fingerprint density at radius 2 is 2.06 bits per heavy atom. The Hall–Kier alpha value is -0.300. The fourth-order valence-corrected chi connectivity index (χ4v) is 3.33. The van der Waals surface area contributed by atoms with Crippen LogP contribution >= 0.6 is 11.8 Å². The summed E-state index contributed by atoms with van der Waals surface area (Å²) in [5, 5.41) is 20.8. The van der Waals surface area contributed by atoms with Gasteiger partial charge >= 0.3 is 0 Å². The molecule has 0 aromatic carbocycles. The Bertz CT molecular complexity index is 313. The van der Waals surface area contributed by atoms with E-state index in [2.05, 4.69) is 4.99 Å². The molecular formula is C11H20N2O3S. The second-order valence-corrected chi connectivity index (χ2v) is 5.53. The van der Waals surface area contributed by atoms with Crippen LogP contribution in [0.4, 0.5) is 0 Å². The van der Waals surface area contributed by atoms with Crippen molar-refractivity contribution in [1.82, 2.24) is 4.90 Å². The second kappa shape index (κ2) is 5.14. The van der Waals surface area contributed by atoms with E-state index < -0.39 is 12.2 Å². The third-order valence-corrected chi connectivity index (χ3v) is 4.60. The summed E-state index contributed by atoms with van der Waals surface area (Å²) in [5.41, 5.74) is -0.164. The van der Waals surface area contributed by atoms with E-state index in [1.54, 1.807) is 0 Å². The van der Waals surface area contributed by atoms with E-state index in [0.29, 0.717) is 6.42 Å². The van der Waals surface area contributed by atoms with Gasteiger partial charge in [0.2, 0.25) is 0 Å². The maximum atomic E-state index is 10.1. The minimum Gasteiger partial charge on any atom is -0.388 e. The van der Waals surface area contributed by atoms with E-state index in [0.717, 1.165) is 11.7 Å². The highest BCUT2D eigenvalue weighted by atomic mass is 32.2. The molecule has 5 atom stereocenters. The Kier molecular flexibility index (Phi) is 3.97. The highest BCUT2D eigenvalue weighted by Crippen LogP contribution is 2.37. The Morgan fingerprint density at radius 1 is 1.35 bits per heavy atom. The SMILES string of the molecule is CC[C@H]1O[C@@H]2SC(N(C)CC)=N[C@@H]2[C@@H](O)[C@@H]1O. The van der Waals surface area contributed by atoms with Crippen molar-refractivity contribution in [1.29, 1.82) is 0 Å². The number of hydrogen-bond donors (Lipinski definition) is 2. The molecule has 0 aliphatic carbocycles. The number of amidine groups is 1. The van der Waals surface area contributed by atoms with Crippen LogP contribution in [0.15, 0.2) is 4.99 Å². The van der Waals surface area contributed by atoms with Gasteiger partial charge in [-0.05, 0) is 13.3 Å². The van der Waals surface area contributed by atoms with Gasteiger partial charge in [-0.2, -0.15) is 0 Å². The van der Waals surface area contributed by atoms with Crippen LogP contribution in [0, 0.1) is 0 Å². The molecular weight excluding hydrogens is 240 g/mol. The number of fused-ring (bicyclic) bond motifs is 1. The fraction of sp³-hybridized carbons (Fsp3) is 0.909. The molecule has 2 rings (SSSR count). The van der Waals surface area contributed by atoms with Crippen LogP contribution in [0.3, 0.4) is 0 Å². The lowest BCUT2D eigenvalue weighted by atomic mass is 9.97. The van der Waals surface area contributed by atoms with Crippen LogP contribution in [0.1, 0.15) is 20.3 Å². The van der Waals surface area contributed by atoms with Crippen LogP contribution in [-0.2, 0) is 4.74 Å². The van der Waals surface area contributed by atoms with Crippen molar-refractivity contribution in [3.05, 3.63) is 0 Å². The molecule has 1 fully saturated rings. The van der Waals surface area contributed by atoms with Crippen molar-refractivity contribution in [3.63, 3.8) is 0 Å². The van der Waals surface area contributed by atoms with Crippen LogP contribution < -0.4 is 0 Å². The van der Waals surface area contributed by atoms with Gasteiger partial charge in [0.25, 0.3) is 0 Å². The monoisotopic (exact) mass is 260 g/mol. The first-order valence-corrected chi connectivity index (χ1v) is 6.93. The van der Waals surface area contributed by atoms with Crippen LogP contribution in [0.2, 0.25) is 0 Å². The maximum absolute atomic E-state index is 10.1. The molecule has 98 valence electrons. The smallest absolute Gasteiger partial charge is 0.162 e. The van der Waals surface area contributed by atoms with Gasteiger partial charge in [0.15, 0.2) is 5.17 Å². The number of aliphatic hydroxyl groups is 2. The van der Waals surface area contributed by atoms with E-state index in [-0.39, 0.29) is 17.6 Å². The molecule has 0 radical (unpaired) electrons. The largest absolute Gasteiger partial charge is 0.388 e. The molecule has 6 heteroatoms. The van der Waals surface area contributed by atoms with E-state index in [1.165, 1.54) is 11.8 Å². The molecule has 5 nitrogen and oxygen atoms in total. The normalized spacial score (nSPS) is 41.0. The van der Waals surface area contributed by atoms with Crippen molar-refractivity contribution in [2.45, 2.75) is 50.1 Å². The summed E-state index contributed by atoms with van der Waals surface area (Å²) in [7, 11) is 1.96. The predicted molar refractivity (Wildman–Crippen MR) is 68.1 cm³/mol. The zero-order chi connectivity index (χ0) is 12.6. The van der Waals surface area contributed by atoms with Gasteiger partial charge in [-0.25, -0.2) is 0 Å². The van der Waals surface area contributed by atoms with Crippen molar-refractivity contribution in [2.75, 3.05) is 13.6 Å². The minimum absolute atomic E-state index is 0.164. The lowest BCUT2D eigenvalue weighted by Gasteiger charge is -2.37. The van der Waals surface area contributed by atoms with Crippen LogP contribution in [-0.4, -0.2) is 63.7 Å². The first-order valence-electron chi connectivity index (χ1n) is 6.05. The van der Waals surface area contributed by atoms with Gasteiger partial charge in [0.05, 0.1) is 6.10 Å². The van der Waals surface area contributed by atoms with Crippen molar-refractivity contribution in [3.8, 4) is 0 Å². The van der Waals surface area contributed by atoms with Gasteiger partial charge in [-0.3, -0.25) is 4.99 Å². The molecule has 0 aromatic heterocycles. The summed E-state index contributed by atoms with van der Waals surface area (Å²) in [6, 6.07) is -0.346. The average molecular weight is 260 g/mol. The molecule has 1 saturated heterocycles. The quantitative estimate of drug-likeness (QED) is 0.746. The van der Waals surface area contributed by atoms with Crippen molar-refractivity contribution in [2.24, 2.45) is 4.99 Å². The lowest BCUT2D eigenvalue weighted by Crippen LogP contribution is -2.54. The number of nitrogens with zero attached hydrogens (tertiary/aromatic N) is 2. The number of aliphatic hydroxyl groups excluding tert-OH is 2. The summed E-state index contributed by atoms with van der Waals surface area (Å²) in [5.74, 6) is 0. The first kappa shape index (κ1) is 13.1. The lowest BCUT2D eigenvalue weighted by molar-refractivity contribution is -0.153. The molecule has 17 heavy (non-hydrogen) atoms. The van der Waals surface area contributed by atoms with Gasteiger partial charge in [0.1, 0.15) is 23.7 Å². The topological polar surface area (TPSA) is 65.3 Å². The molecule has 0 aromatic rings. The van der Waals surface area contributed by atoms with E-state index in [4.69, 9.17) is 4.74 Å². The first-order chi connectivity index (χ1) is 8.08. The van der Waals surface area contributed by atoms with Gasteiger partial charge < -0.3 is 19.8 Å². The highest BCUT2D eigenvalue weighted by Gasteiger charge is 2.47. The number of rotatable bonds is 2. The van der Waals surface area contributed by atoms with Crippen molar-refractivity contribution >= 4 is 16.9 Å². The van der Waals surface area contributed by atoms with Gasteiger partial charge in [-0.15, -0.1) is 0 Å². The number of thioether (sulfide) groups is 1. The molecule has 0 bridgehead atoms. The summed E-state index contributed by atoms with van der Waals surface area (Å²) < 4.78 is 5.78. The fourth-order valence-electron chi connectivity index (χ4n) is 2.07. The summed E-state index contributed by atoms with van der Waals surface area (Å²) in [6.45, 7) is 4.85. The standard InChI is InChI=1S/C11H20N2O3S/c1-4-6-8(14)9(15)7-10(16-6)17-11(12-7)13(3)5-2/h6-10,14-15H,4-5H2,1-3H3/t6-,7-,8-,9-,10-/m1/s1. The molecule has 0 saturated carbocycles. The Labute approximate surface area is 106 Å². The summed E-state index contributed by atoms with van der Waals surface area (Å²) in [6.07, 6.45) is -1.26. The molecule has 2 N–H and O–H groups in total.